The molecule has 0 fully saturated rings. The number of carbonyl (C=O) groups excluding carboxylic acids is 2. The van der Waals surface area contributed by atoms with E-state index in [9.17, 15) is 23.2 Å². The van der Waals surface area contributed by atoms with Crippen LogP contribution in [0.2, 0.25) is 0 Å². The molecule has 11 heteroatoms. The molecule has 0 saturated carbocycles. The standard InChI is InChI=1S/C12H14O4.C8H10AsNO5/c1-2-16-12(15)10(11(13)14)8-9-6-4-3-5-7-9;1-5(11)10-7-4-6(9(13,14)15)2-3-8(7)12/h3-7,10H,2,8H2,1H3,(H,13,14);2-4,12H,1H3,(H,10,11)(H2,13,14,15). The molecule has 0 aliphatic rings. The zero-order chi connectivity index (χ0) is 23.6. The summed E-state index contributed by atoms with van der Waals surface area (Å²) in [6.07, 6.45) is 0.162. The van der Waals surface area contributed by atoms with E-state index in [0.29, 0.717) is 0 Å². The second-order valence-corrected chi connectivity index (χ2v) is 9.63. The molecule has 1 unspecified atom stereocenters. The van der Waals surface area contributed by atoms with E-state index in [-0.39, 0.29) is 28.8 Å². The van der Waals surface area contributed by atoms with E-state index >= 15 is 0 Å². The predicted molar refractivity (Wildman–Crippen MR) is 111 cm³/mol. The minimum Gasteiger partial charge on any atom is -0.481 e. The second kappa shape index (κ2) is 11.9. The van der Waals surface area contributed by atoms with Gasteiger partial charge in [-0.15, -0.1) is 0 Å². The minimum absolute atomic E-state index is 0.00951. The first-order valence-corrected chi connectivity index (χ1v) is 12.4. The number of anilines is 1. The van der Waals surface area contributed by atoms with Crippen molar-refractivity contribution in [3.8, 4) is 5.75 Å². The van der Waals surface area contributed by atoms with E-state index in [1.165, 1.54) is 6.92 Å². The first kappa shape index (κ1) is 26.0. The molecule has 168 valence electrons. The number of carboxylic acid groups (broad SMARTS) is 1. The molecule has 0 aliphatic carbocycles. The molecular weight excluding hydrogens is 473 g/mol. The van der Waals surface area contributed by atoms with E-state index in [0.717, 1.165) is 23.8 Å². The van der Waals surface area contributed by atoms with Gasteiger partial charge >= 0.3 is 100 Å². The Labute approximate surface area is 181 Å². The van der Waals surface area contributed by atoms with Crippen LogP contribution < -0.4 is 9.67 Å². The van der Waals surface area contributed by atoms with Gasteiger partial charge in [0, 0.05) is 0 Å². The molecule has 2 aromatic carbocycles. The van der Waals surface area contributed by atoms with Crippen LogP contribution in [0.15, 0.2) is 48.5 Å². The van der Waals surface area contributed by atoms with Crippen molar-refractivity contribution in [2.24, 2.45) is 5.92 Å². The van der Waals surface area contributed by atoms with Crippen molar-refractivity contribution in [2.75, 3.05) is 11.9 Å². The number of phenolic OH excluding ortho intramolecular Hbond substituents is 1. The zero-order valence-electron chi connectivity index (χ0n) is 16.9. The molecule has 10 nitrogen and oxygen atoms in total. The van der Waals surface area contributed by atoms with E-state index in [4.69, 9.17) is 18.0 Å². The van der Waals surface area contributed by atoms with Gasteiger partial charge in [-0.05, 0) is 18.9 Å². The third-order valence-corrected chi connectivity index (χ3v) is 5.77. The molecule has 31 heavy (non-hydrogen) atoms. The van der Waals surface area contributed by atoms with Crippen LogP contribution in [0, 0.1) is 5.92 Å². The fraction of sp³-hybridized carbons (Fsp3) is 0.250. The van der Waals surface area contributed by atoms with Crippen LogP contribution in [0.25, 0.3) is 0 Å². The Kier molecular flexibility index (Phi) is 10.0. The van der Waals surface area contributed by atoms with E-state index in [1.807, 2.05) is 6.07 Å². The van der Waals surface area contributed by atoms with Gasteiger partial charge in [0.1, 0.15) is 0 Å². The third kappa shape index (κ3) is 9.08. The number of phenols is 1. The Morgan fingerprint density at radius 3 is 2.19 bits per heavy atom. The summed E-state index contributed by atoms with van der Waals surface area (Å²) in [6, 6.07) is 12.3. The minimum atomic E-state index is -4.98. The number of carbonyl (C=O) groups is 3. The molecule has 1 amide bonds. The molecule has 0 bridgehead atoms. The van der Waals surface area contributed by atoms with Crippen LogP contribution in [0.1, 0.15) is 19.4 Å². The Morgan fingerprint density at radius 1 is 1.10 bits per heavy atom. The third-order valence-electron chi connectivity index (χ3n) is 3.78. The van der Waals surface area contributed by atoms with Crippen molar-refractivity contribution < 1.29 is 41.3 Å². The van der Waals surface area contributed by atoms with Crippen molar-refractivity contribution in [2.45, 2.75) is 20.3 Å². The van der Waals surface area contributed by atoms with Crippen LogP contribution >= 0.6 is 0 Å². The fourth-order valence-corrected chi connectivity index (χ4v) is 3.55. The summed E-state index contributed by atoms with van der Waals surface area (Å²) < 4.78 is 33.3. The normalized spacial score (nSPS) is 11.5. The first-order chi connectivity index (χ1) is 14.5. The van der Waals surface area contributed by atoms with Gasteiger partial charge in [-0.3, -0.25) is 9.59 Å². The Bertz CT molecular complexity index is 956. The van der Waals surface area contributed by atoms with Crippen LogP contribution in [0.4, 0.5) is 5.69 Å². The number of ether oxygens (including phenoxy) is 1. The van der Waals surface area contributed by atoms with Crippen molar-refractivity contribution >= 4 is 42.1 Å². The quantitative estimate of drug-likeness (QED) is 0.157. The number of carboxylic acids is 1. The molecular formula is C20H24AsNO9. The van der Waals surface area contributed by atoms with E-state index in [2.05, 4.69) is 5.32 Å². The Hall–Kier alpha value is -3.07. The van der Waals surface area contributed by atoms with Crippen molar-refractivity contribution in [1.29, 1.82) is 0 Å². The van der Waals surface area contributed by atoms with Crippen LogP contribution in [-0.2, 0) is 29.3 Å². The number of aliphatic carboxylic acids is 1. The maximum absolute atomic E-state index is 11.4. The Balaban J connectivity index is 0.000000311. The predicted octanol–water partition coefficient (Wildman–Crippen LogP) is 0.405. The molecule has 2 aromatic rings. The molecule has 2 rings (SSSR count). The van der Waals surface area contributed by atoms with Crippen LogP contribution in [0.5, 0.6) is 5.75 Å². The van der Waals surface area contributed by atoms with Gasteiger partial charge in [-0.1, -0.05) is 30.3 Å². The summed E-state index contributed by atoms with van der Waals surface area (Å²) in [5.41, 5.74) is 0.799. The molecule has 0 spiro atoms. The van der Waals surface area contributed by atoms with Gasteiger partial charge < -0.3 is 9.84 Å². The van der Waals surface area contributed by atoms with E-state index < -0.39 is 37.9 Å². The molecule has 0 radical (unpaired) electrons. The van der Waals surface area contributed by atoms with Crippen molar-refractivity contribution in [3.05, 3.63) is 54.1 Å². The van der Waals surface area contributed by atoms with Gasteiger partial charge in [0.05, 0.1) is 6.61 Å². The molecule has 5 N–H and O–H groups in total. The number of aromatic hydroxyl groups is 1. The van der Waals surface area contributed by atoms with Gasteiger partial charge in [0.25, 0.3) is 0 Å². The number of hydrogen-bond acceptors (Lipinski definition) is 6. The first-order valence-electron chi connectivity index (χ1n) is 9.05. The number of nitrogens with one attached hydrogen (secondary N) is 1. The monoisotopic (exact) mass is 497 g/mol. The molecule has 0 aliphatic heterocycles. The van der Waals surface area contributed by atoms with E-state index in [1.54, 1.807) is 31.2 Å². The summed E-state index contributed by atoms with van der Waals surface area (Å²) in [6.45, 7) is 3.07. The number of rotatable bonds is 7. The molecule has 1 atom stereocenters. The van der Waals surface area contributed by atoms with Gasteiger partial charge in [-0.25, -0.2) is 0 Å². The summed E-state index contributed by atoms with van der Waals surface area (Å²) >= 11 is -4.98. The smallest absolute Gasteiger partial charge is 0.320 e. The second-order valence-electron chi connectivity index (χ2n) is 6.26. The van der Waals surface area contributed by atoms with Gasteiger partial charge in [0.15, 0.2) is 5.92 Å². The van der Waals surface area contributed by atoms with Gasteiger partial charge in [-0.2, -0.15) is 0 Å². The maximum atomic E-state index is 11.4. The summed E-state index contributed by atoms with van der Waals surface area (Å²) in [5, 5.41) is 20.5. The summed E-state index contributed by atoms with van der Waals surface area (Å²) in [5.74, 6) is -3.62. The topological polar surface area (TPSA) is 170 Å². The Morgan fingerprint density at radius 2 is 1.71 bits per heavy atom. The van der Waals surface area contributed by atoms with Crippen LogP contribution in [0.3, 0.4) is 0 Å². The summed E-state index contributed by atoms with van der Waals surface area (Å²) in [7, 11) is 0. The average molecular weight is 497 g/mol. The molecule has 0 aromatic heterocycles. The number of benzene rings is 2. The van der Waals surface area contributed by atoms with Crippen molar-refractivity contribution in [1.82, 2.24) is 0 Å². The zero-order valence-corrected chi connectivity index (χ0v) is 18.8. The average Bonchev–Trinajstić information content (AvgIpc) is 2.68. The molecule has 0 heterocycles. The number of amides is 1. The molecule has 0 saturated heterocycles. The number of esters is 1. The number of hydrogen-bond donors (Lipinski definition) is 5. The van der Waals surface area contributed by atoms with Gasteiger partial charge in [0.2, 0.25) is 0 Å². The van der Waals surface area contributed by atoms with Crippen LogP contribution in [-0.4, -0.2) is 57.0 Å². The van der Waals surface area contributed by atoms with Crippen molar-refractivity contribution in [3.63, 3.8) is 0 Å². The largest absolute Gasteiger partial charge is 0.481 e. The SMILES string of the molecule is CC(=O)Nc1cc([As](=O)(O)O)ccc1O.CCOC(=O)C(Cc1ccccc1)C(=O)O. The maximum Gasteiger partial charge on any atom is 0.320 e. The fourth-order valence-electron chi connectivity index (χ4n) is 2.36. The summed E-state index contributed by atoms with van der Waals surface area (Å²) in [4.78, 5) is 33.0.